The molecule has 20 heavy (non-hydrogen) atoms. The van der Waals surface area contributed by atoms with E-state index >= 15 is 0 Å². The van der Waals surface area contributed by atoms with Crippen molar-refractivity contribution >= 4 is 5.91 Å². The second-order valence-corrected chi connectivity index (χ2v) is 6.19. The van der Waals surface area contributed by atoms with Gasteiger partial charge in [-0.3, -0.25) is 4.79 Å². The van der Waals surface area contributed by atoms with Gasteiger partial charge in [-0.2, -0.15) is 0 Å². The maximum absolute atomic E-state index is 11.7. The van der Waals surface area contributed by atoms with E-state index in [1.807, 2.05) is 6.92 Å². The Morgan fingerprint density at radius 3 is 2.65 bits per heavy atom. The van der Waals surface area contributed by atoms with Gasteiger partial charge >= 0.3 is 0 Å². The summed E-state index contributed by atoms with van der Waals surface area (Å²) in [5.41, 5.74) is 4.95. The first-order chi connectivity index (χ1) is 9.48. The van der Waals surface area contributed by atoms with Crippen LogP contribution >= 0.6 is 0 Å². The van der Waals surface area contributed by atoms with E-state index in [0.717, 1.165) is 64.4 Å². The highest BCUT2D eigenvalue weighted by molar-refractivity contribution is 5.84. The highest BCUT2D eigenvalue weighted by Gasteiger charge is 2.30. The Balaban J connectivity index is 2.35. The molecule has 1 heterocycles. The molecule has 3 N–H and O–H groups in total. The monoisotopic (exact) mass is 285 g/mol. The van der Waals surface area contributed by atoms with Gasteiger partial charge in [0.25, 0.3) is 0 Å². The van der Waals surface area contributed by atoms with Crippen molar-refractivity contribution in [1.82, 2.24) is 10.2 Å². The number of amides is 1. The molecule has 5 heteroatoms. The lowest BCUT2D eigenvalue weighted by Crippen LogP contribution is -2.54. The van der Waals surface area contributed by atoms with E-state index in [0.29, 0.717) is 0 Å². The number of rotatable bonds is 9. The molecule has 0 saturated carbocycles. The summed E-state index contributed by atoms with van der Waals surface area (Å²) in [7, 11) is 2.12. The summed E-state index contributed by atoms with van der Waals surface area (Å²) in [6, 6.07) is 0. The minimum Gasteiger partial charge on any atom is -0.381 e. The normalized spacial score (nSPS) is 20.0. The van der Waals surface area contributed by atoms with Crippen LogP contribution in [-0.4, -0.2) is 56.2 Å². The highest BCUT2D eigenvalue weighted by atomic mass is 16.5. The molecule has 0 bridgehead atoms. The first-order valence-corrected chi connectivity index (χ1v) is 7.79. The molecule has 1 aliphatic rings. The van der Waals surface area contributed by atoms with Crippen LogP contribution in [0.5, 0.6) is 0 Å². The van der Waals surface area contributed by atoms with E-state index in [2.05, 4.69) is 24.2 Å². The van der Waals surface area contributed by atoms with Gasteiger partial charge in [0.05, 0.1) is 5.54 Å². The summed E-state index contributed by atoms with van der Waals surface area (Å²) in [6.45, 7) is 8.55. The van der Waals surface area contributed by atoms with Gasteiger partial charge < -0.3 is 20.7 Å². The number of nitrogens with one attached hydrogen (secondary N) is 1. The molecule has 1 aliphatic heterocycles. The van der Waals surface area contributed by atoms with Crippen LogP contribution in [0.3, 0.4) is 0 Å². The quantitative estimate of drug-likeness (QED) is 0.662. The number of nitrogens with zero attached hydrogens (tertiary/aromatic N) is 1. The molecular formula is C15H31N3O2. The average Bonchev–Trinajstić information content (AvgIpc) is 2.44. The fraction of sp³-hybridized carbons (Fsp3) is 0.933. The van der Waals surface area contributed by atoms with Crippen molar-refractivity contribution in [2.75, 3.05) is 39.9 Å². The number of nitrogens with two attached hydrogens (primary N) is 1. The lowest BCUT2D eigenvalue weighted by molar-refractivity contribution is -0.124. The molecule has 0 aromatic rings. The zero-order valence-electron chi connectivity index (χ0n) is 13.3. The van der Waals surface area contributed by atoms with E-state index < -0.39 is 5.54 Å². The molecule has 0 aliphatic carbocycles. The van der Waals surface area contributed by atoms with E-state index in [1.54, 1.807) is 0 Å². The summed E-state index contributed by atoms with van der Waals surface area (Å²) in [4.78, 5) is 14.0. The van der Waals surface area contributed by atoms with Crippen molar-refractivity contribution in [3.05, 3.63) is 0 Å². The number of primary amides is 1. The van der Waals surface area contributed by atoms with Crippen molar-refractivity contribution in [2.24, 2.45) is 11.7 Å². The fourth-order valence-electron chi connectivity index (χ4n) is 2.58. The largest absolute Gasteiger partial charge is 0.381 e. The molecule has 0 radical (unpaired) electrons. The predicted octanol–water partition coefficient (Wildman–Crippen LogP) is 0.979. The molecule has 1 amide bonds. The molecule has 118 valence electrons. The Morgan fingerprint density at radius 2 is 2.10 bits per heavy atom. The third-order valence-corrected chi connectivity index (χ3v) is 4.21. The zero-order valence-corrected chi connectivity index (χ0v) is 13.3. The van der Waals surface area contributed by atoms with Crippen LogP contribution in [-0.2, 0) is 9.53 Å². The van der Waals surface area contributed by atoms with Gasteiger partial charge in [0.15, 0.2) is 0 Å². The van der Waals surface area contributed by atoms with Crippen molar-refractivity contribution < 1.29 is 9.53 Å². The van der Waals surface area contributed by atoms with E-state index in [4.69, 9.17) is 10.5 Å². The maximum Gasteiger partial charge on any atom is 0.237 e. The van der Waals surface area contributed by atoms with Crippen molar-refractivity contribution in [1.29, 1.82) is 0 Å². The minimum atomic E-state index is -0.597. The second kappa shape index (κ2) is 8.60. The Bertz CT molecular complexity index is 293. The zero-order chi connectivity index (χ0) is 15.0. The van der Waals surface area contributed by atoms with Gasteiger partial charge in [0.2, 0.25) is 5.91 Å². The lowest BCUT2D eigenvalue weighted by atomic mass is 9.95. The predicted molar refractivity (Wildman–Crippen MR) is 81.6 cm³/mol. The van der Waals surface area contributed by atoms with Gasteiger partial charge in [-0.25, -0.2) is 0 Å². The average molecular weight is 285 g/mol. The summed E-state index contributed by atoms with van der Waals surface area (Å²) >= 11 is 0. The van der Waals surface area contributed by atoms with Crippen LogP contribution < -0.4 is 11.1 Å². The first kappa shape index (κ1) is 17.4. The van der Waals surface area contributed by atoms with E-state index in [-0.39, 0.29) is 5.91 Å². The topological polar surface area (TPSA) is 67.6 Å². The molecule has 1 rings (SSSR count). The molecule has 0 aromatic carbocycles. The van der Waals surface area contributed by atoms with E-state index in [1.165, 1.54) is 0 Å². The Labute approximate surface area is 123 Å². The lowest BCUT2D eigenvalue weighted by Gasteiger charge is -2.31. The van der Waals surface area contributed by atoms with Gasteiger partial charge in [-0.1, -0.05) is 6.92 Å². The second-order valence-electron chi connectivity index (χ2n) is 6.19. The van der Waals surface area contributed by atoms with Crippen LogP contribution in [0.4, 0.5) is 0 Å². The number of hydrogen-bond donors (Lipinski definition) is 2. The summed E-state index contributed by atoms with van der Waals surface area (Å²) in [6.07, 6.45) is 4.04. The van der Waals surface area contributed by atoms with Crippen molar-refractivity contribution in [3.8, 4) is 0 Å². The highest BCUT2D eigenvalue weighted by Crippen LogP contribution is 2.17. The third kappa shape index (κ3) is 5.77. The van der Waals surface area contributed by atoms with Crippen LogP contribution in [0.25, 0.3) is 0 Å². The fourth-order valence-corrected chi connectivity index (χ4v) is 2.58. The number of carbonyl (C=O) groups excluding carboxylic acids is 1. The number of ether oxygens (including phenoxy) is 1. The Hall–Kier alpha value is -0.650. The molecule has 1 unspecified atom stereocenters. The third-order valence-electron chi connectivity index (χ3n) is 4.21. The SMILES string of the molecule is CCCNC(C)(CCN(C)CC1CCOCC1)C(N)=O. The molecule has 0 spiro atoms. The van der Waals surface area contributed by atoms with Crippen molar-refractivity contribution in [2.45, 2.75) is 45.1 Å². The number of carbonyl (C=O) groups is 1. The first-order valence-electron chi connectivity index (χ1n) is 7.79. The van der Waals surface area contributed by atoms with Crippen LogP contribution in [0.2, 0.25) is 0 Å². The van der Waals surface area contributed by atoms with E-state index in [9.17, 15) is 4.79 Å². The molecule has 1 atom stereocenters. The standard InChI is InChI=1S/C15H31N3O2/c1-4-8-17-15(2,14(16)19)7-9-18(3)12-13-5-10-20-11-6-13/h13,17H,4-12H2,1-3H3,(H2,16,19). The van der Waals surface area contributed by atoms with Gasteiger partial charge in [0.1, 0.15) is 0 Å². The van der Waals surface area contributed by atoms with Gasteiger partial charge in [-0.05, 0) is 52.1 Å². The molecule has 5 nitrogen and oxygen atoms in total. The summed E-state index contributed by atoms with van der Waals surface area (Å²) < 4.78 is 5.38. The molecule has 0 aromatic heterocycles. The van der Waals surface area contributed by atoms with Crippen LogP contribution in [0.15, 0.2) is 0 Å². The Kier molecular flexibility index (Phi) is 7.48. The smallest absolute Gasteiger partial charge is 0.237 e. The molecular weight excluding hydrogens is 254 g/mol. The van der Waals surface area contributed by atoms with Crippen LogP contribution in [0, 0.1) is 5.92 Å². The number of hydrogen-bond acceptors (Lipinski definition) is 4. The molecule has 1 fully saturated rings. The van der Waals surface area contributed by atoms with Gasteiger partial charge in [0, 0.05) is 26.3 Å². The van der Waals surface area contributed by atoms with Gasteiger partial charge in [-0.15, -0.1) is 0 Å². The molecule has 1 saturated heterocycles. The maximum atomic E-state index is 11.7. The van der Waals surface area contributed by atoms with Crippen LogP contribution in [0.1, 0.15) is 39.5 Å². The minimum absolute atomic E-state index is 0.259. The van der Waals surface area contributed by atoms with Crippen molar-refractivity contribution in [3.63, 3.8) is 0 Å². The Morgan fingerprint density at radius 1 is 1.45 bits per heavy atom. The summed E-state index contributed by atoms with van der Waals surface area (Å²) in [5, 5.41) is 3.28. The summed E-state index contributed by atoms with van der Waals surface area (Å²) in [5.74, 6) is 0.461.